The van der Waals surface area contributed by atoms with E-state index in [2.05, 4.69) is 10.3 Å². The molecule has 0 spiro atoms. The third kappa shape index (κ3) is 3.28. The number of carbonyl (C=O) groups is 1. The smallest absolute Gasteiger partial charge is 0.257 e. The Morgan fingerprint density at radius 2 is 2.22 bits per heavy atom. The van der Waals surface area contributed by atoms with Gasteiger partial charge in [-0.15, -0.1) is 0 Å². The van der Waals surface area contributed by atoms with Crippen molar-refractivity contribution >= 4 is 44.2 Å². The van der Waals surface area contributed by atoms with E-state index in [0.29, 0.717) is 32.5 Å². The molecule has 0 saturated carbocycles. The molecule has 1 N–H and O–H groups in total. The number of anilines is 1. The summed E-state index contributed by atoms with van der Waals surface area (Å²) in [6, 6.07) is 9.75. The number of ether oxygens (including phenoxy) is 1. The van der Waals surface area contributed by atoms with E-state index in [-0.39, 0.29) is 11.7 Å². The van der Waals surface area contributed by atoms with E-state index in [1.807, 2.05) is 0 Å². The summed E-state index contributed by atoms with van der Waals surface area (Å²) in [5.74, 6) is -0.640. The van der Waals surface area contributed by atoms with E-state index < -0.39 is 5.82 Å². The van der Waals surface area contributed by atoms with Gasteiger partial charge in [0, 0.05) is 10.6 Å². The van der Waals surface area contributed by atoms with E-state index >= 15 is 0 Å². The molecule has 0 fully saturated rings. The van der Waals surface area contributed by atoms with Crippen molar-refractivity contribution in [3.63, 3.8) is 0 Å². The van der Waals surface area contributed by atoms with Crippen molar-refractivity contribution in [2.45, 2.75) is 6.92 Å². The Hall–Kier alpha value is -2.18. The fraction of sp³-hybridized carbons (Fsp3) is 0.125. The zero-order chi connectivity index (χ0) is 16.4. The van der Waals surface area contributed by atoms with Crippen molar-refractivity contribution < 1.29 is 13.9 Å². The van der Waals surface area contributed by atoms with E-state index in [1.54, 1.807) is 37.3 Å². The van der Waals surface area contributed by atoms with Gasteiger partial charge in [0.2, 0.25) is 0 Å². The van der Waals surface area contributed by atoms with Crippen molar-refractivity contribution in [2.24, 2.45) is 0 Å². The predicted octanol–water partition coefficient (Wildman–Crippen LogP) is 4.74. The van der Waals surface area contributed by atoms with Gasteiger partial charge in [0.05, 0.1) is 16.8 Å². The number of nitrogens with one attached hydrogen (secondary N) is 1. The number of rotatable bonds is 4. The van der Waals surface area contributed by atoms with Gasteiger partial charge in [-0.25, -0.2) is 9.37 Å². The van der Waals surface area contributed by atoms with Crippen LogP contribution in [0.4, 0.5) is 9.52 Å². The number of thiazole rings is 1. The molecule has 7 heteroatoms. The molecule has 0 aliphatic rings. The lowest BCUT2D eigenvalue weighted by Crippen LogP contribution is -2.11. The van der Waals surface area contributed by atoms with Gasteiger partial charge in [-0.2, -0.15) is 0 Å². The number of hydrogen-bond acceptors (Lipinski definition) is 4. The van der Waals surface area contributed by atoms with Crippen LogP contribution in [0, 0.1) is 5.82 Å². The number of nitrogens with zero attached hydrogens (tertiary/aromatic N) is 1. The Morgan fingerprint density at radius 3 is 2.96 bits per heavy atom. The number of amides is 1. The van der Waals surface area contributed by atoms with E-state index in [9.17, 15) is 9.18 Å². The van der Waals surface area contributed by atoms with Crippen LogP contribution in [0.25, 0.3) is 10.2 Å². The third-order valence-electron chi connectivity index (χ3n) is 3.07. The molecule has 1 amide bonds. The van der Waals surface area contributed by atoms with Crippen molar-refractivity contribution in [1.82, 2.24) is 4.98 Å². The second kappa shape index (κ2) is 6.52. The predicted molar refractivity (Wildman–Crippen MR) is 90.2 cm³/mol. The second-order valence-electron chi connectivity index (χ2n) is 4.64. The maximum atomic E-state index is 14.3. The number of fused-ring (bicyclic) bond motifs is 1. The van der Waals surface area contributed by atoms with Gasteiger partial charge in [-0.3, -0.25) is 10.1 Å². The van der Waals surface area contributed by atoms with Crippen LogP contribution in [-0.2, 0) is 0 Å². The normalized spacial score (nSPS) is 10.7. The lowest BCUT2D eigenvalue weighted by atomic mass is 10.2. The van der Waals surface area contributed by atoms with Crippen molar-refractivity contribution in [3.8, 4) is 5.75 Å². The average Bonchev–Trinajstić information content (AvgIpc) is 2.94. The highest BCUT2D eigenvalue weighted by molar-refractivity contribution is 7.22. The van der Waals surface area contributed by atoms with E-state index in [4.69, 9.17) is 16.3 Å². The van der Waals surface area contributed by atoms with Crippen molar-refractivity contribution in [2.75, 3.05) is 11.9 Å². The molecule has 1 heterocycles. The highest BCUT2D eigenvalue weighted by Crippen LogP contribution is 2.33. The van der Waals surface area contributed by atoms with Gasteiger partial charge in [0.25, 0.3) is 5.91 Å². The minimum atomic E-state index is -0.467. The molecule has 4 nitrogen and oxygen atoms in total. The zero-order valence-electron chi connectivity index (χ0n) is 12.1. The van der Waals surface area contributed by atoms with Crippen LogP contribution in [0.15, 0.2) is 36.4 Å². The molecule has 0 bridgehead atoms. The summed E-state index contributed by atoms with van der Waals surface area (Å²) >= 11 is 6.93. The Morgan fingerprint density at radius 1 is 1.39 bits per heavy atom. The number of carbonyl (C=O) groups excluding carboxylic acids is 1. The monoisotopic (exact) mass is 350 g/mol. The van der Waals surface area contributed by atoms with Crippen LogP contribution in [0.2, 0.25) is 5.02 Å². The van der Waals surface area contributed by atoms with Crippen LogP contribution < -0.4 is 10.1 Å². The summed E-state index contributed by atoms with van der Waals surface area (Å²) in [6.45, 7) is 2.16. The first-order chi connectivity index (χ1) is 11.1. The Bertz CT molecular complexity index is 882. The van der Waals surface area contributed by atoms with Crippen molar-refractivity contribution in [1.29, 1.82) is 0 Å². The highest BCUT2D eigenvalue weighted by Gasteiger charge is 2.15. The standard InChI is InChI=1S/C16H12ClFN2O2S/c1-2-22-12-7-6-11-14(13(12)18)23-16(19-11)20-15(21)9-4-3-5-10(17)8-9/h3-8H,2H2,1H3,(H,19,20,21). The molecular formula is C16H12ClFN2O2S. The maximum Gasteiger partial charge on any atom is 0.257 e. The molecule has 118 valence electrons. The Labute approximate surface area is 140 Å². The van der Waals surface area contributed by atoms with E-state index in [1.165, 1.54) is 6.07 Å². The number of hydrogen-bond donors (Lipinski definition) is 1. The summed E-state index contributed by atoms with van der Waals surface area (Å²) < 4.78 is 19.9. The maximum absolute atomic E-state index is 14.3. The molecule has 1 aromatic heterocycles. The fourth-order valence-electron chi connectivity index (χ4n) is 2.06. The minimum absolute atomic E-state index is 0.177. The highest BCUT2D eigenvalue weighted by atomic mass is 35.5. The number of halogens is 2. The van der Waals surface area contributed by atoms with Crippen LogP contribution in [0.3, 0.4) is 0 Å². The van der Waals surface area contributed by atoms with Crippen LogP contribution in [0.1, 0.15) is 17.3 Å². The topological polar surface area (TPSA) is 51.2 Å². The largest absolute Gasteiger partial charge is 0.491 e. The summed E-state index contributed by atoms with van der Waals surface area (Å²) in [5.41, 5.74) is 0.879. The summed E-state index contributed by atoms with van der Waals surface area (Å²) in [6.07, 6.45) is 0. The first-order valence-electron chi connectivity index (χ1n) is 6.87. The quantitative estimate of drug-likeness (QED) is 0.739. The molecule has 23 heavy (non-hydrogen) atoms. The molecule has 0 atom stereocenters. The van der Waals surface area contributed by atoms with Gasteiger partial charge in [-0.05, 0) is 37.3 Å². The second-order valence-corrected chi connectivity index (χ2v) is 6.08. The third-order valence-corrected chi connectivity index (χ3v) is 4.28. The van der Waals surface area contributed by atoms with E-state index in [0.717, 1.165) is 11.3 Å². The SMILES string of the molecule is CCOc1ccc2nc(NC(=O)c3cccc(Cl)c3)sc2c1F. The van der Waals surface area contributed by atoms with Crippen LogP contribution >= 0.6 is 22.9 Å². The van der Waals surface area contributed by atoms with Gasteiger partial charge in [0.15, 0.2) is 16.7 Å². The van der Waals surface area contributed by atoms with Gasteiger partial charge < -0.3 is 4.74 Å². The average molecular weight is 351 g/mol. The first kappa shape index (κ1) is 15.7. The van der Waals surface area contributed by atoms with Gasteiger partial charge in [-0.1, -0.05) is 29.0 Å². The van der Waals surface area contributed by atoms with Crippen molar-refractivity contribution in [3.05, 3.63) is 52.8 Å². The number of benzene rings is 2. The Balaban J connectivity index is 1.89. The summed E-state index contributed by atoms with van der Waals surface area (Å²) in [4.78, 5) is 16.4. The molecule has 0 radical (unpaired) electrons. The Kier molecular flexibility index (Phi) is 4.45. The first-order valence-corrected chi connectivity index (χ1v) is 8.06. The van der Waals surface area contributed by atoms with Crippen LogP contribution in [-0.4, -0.2) is 17.5 Å². The molecule has 0 unspecified atom stereocenters. The minimum Gasteiger partial charge on any atom is -0.491 e. The summed E-state index contributed by atoms with van der Waals surface area (Å²) in [7, 11) is 0. The zero-order valence-corrected chi connectivity index (χ0v) is 13.7. The molecule has 0 aliphatic heterocycles. The molecule has 0 saturated heterocycles. The number of aromatic nitrogens is 1. The molecule has 3 rings (SSSR count). The molecular weight excluding hydrogens is 339 g/mol. The lowest BCUT2D eigenvalue weighted by molar-refractivity contribution is 0.102. The molecule has 0 aliphatic carbocycles. The van der Waals surface area contributed by atoms with Gasteiger partial charge >= 0.3 is 0 Å². The van der Waals surface area contributed by atoms with Crippen LogP contribution in [0.5, 0.6) is 5.75 Å². The molecule has 2 aromatic carbocycles. The molecule has 3 aromatic rings. The van der Waals surface area contributed by atoms with Gasteiger partial charge in [0.1, 0.15) is 0 Å². The lowest BCUT2D eigenvalue weighted by Gasteiger charge is -2.03. The summed E-state index contributed by atoms with van der Waals surface area (Å²) in [5, 5.41) is 3.44. The fourth-order valence-corrected chi connectivity index (χ4v) is 3.14.